The van der Waals surface area contributed by atoms with Gasteiger partial charge < -0.3 is 14.8 Å². The second-order valence-corrected chi connectivity index (χ2v) is 6.23. The fraction of sp³-hybridized carbons (Fsp3) is 0.235. The summed E-state index contributed by atoms with van der Waals surface area (Å²) in [6.45, 7) is 0.112. The Hall–Kier alpha value is -1.97. The first-order valence-electron chi connectivity index (χ1n) is 7.12. The monoisotopic (exact) mass is 465 g/mol. The first-order chi connectivity index (χ1) is 11.8. The van der Waals surface area contributed by atoms with E-state index in [9.17, 15) is 18.0 Å². The van der Waals surface area contributed by atoms with Crippen molar-refractivity contribution < 1.29 is 27.4 Å². The zero-order valence-corrected chi connectivity index (χ0v) is 15.6. The van der Waals surface area contributed by atoms with Gasteiger partial charge in [-0.3, -0.25) is 4.79 Å². The molecular weight excluding hydrogens is 450 g/mol. The number of carbonyl (C=O) groups excluding carboxylic acids is 1. The first-order valence-corrected chi connectivity index (χ1v) is 8.20. The molecule has 0 unspecified atom stereocenters. The number of benzene rings is 2. The topological polar surface area (TPSA) is 47.6 Å². The van der Waals surface area contributed by atoms with E-state index < -0.39 is 11.7 Å². The van der Waals surface area contributed by atoms with Gasteiger partial charge >= 0.3 is 6.18 Å². The highest BCUT2D eigenvalue weighted by molar-refractivity contribution is 14.1. The SMILES string of the molecule is COc1cc(I)c(C(=O)NCc2ccc(C(F)(F)F)cc2)cc1OC. The fourth-order valence-corrected chi connectivity index (χ4v) is 2.80. The first kappa shape index (κ1) is 19.4. The third kappa shape index (κ3) is 4.77. The van der Waals surface area contributed by atoms with Crippen LogP contribution in [0, 0.1) is 3.57 Å². The van der Waals surface area contributed by atoms with Crippen molar-refractivity contribution in [2.24, 2.45) is 0 Å². The van der Waals surface area contributed by atoms with Gasteiger partial charge in [0.25, 0.3) is 5.91 Å². The van der Waals surface area contributed by atoms with Crippen LogP contribution in [0.25, 0.3) is 0 Å². The van der Waals surface area contributed by atoms with Crippen molar-refractivity contribution in [2.75, 3.05) is 14.2 Å². The number of hydrogen-bond acceptors (Lipinski definition) is 3. The second kappa shape index (κ2) is 7.94. The van der Waals surface area contributed by atoms with Crippen molar-refractivity contribution in [2.45, 2.75) is 12.7 Å². The van der Waals surface area contributed by atoms with Gasteiger partial charge in [0.2, 0.25) is 0 Å². The lowest BCUT2D eigenvalue weighted by Crippen LogP contribution is -2.23. The highest BCUT2D eigenvalue weighted by atomic mass is 127. The molecule has 0 spiro atoms. The number of hydrogen-bond donors (Lipinski definition) is 1. The summed E-state index contributed by atoms with van der Waals surface area (Å²) < 4.78 is 48.6. The molecule has 0 aliphatic rings. The van der Waals surface area contributed by atoms with E-state index >= 15 is 0 Å². The van der Waals surface area contributed by atoms with Crippen molar-refractivity contribution in [3.63, 3.8) is 0 Å². The van der Waals surface area contributed by atoms with Crippen LogP contribution in [-0.4, -0.2) is 20.1 Å². The summed E-state index contributed by atoms with van der Waals surface area (Å²) in [6.07, 6.45) is -4.38. The minimum Gasteiger partial charge on any atom is -0.493 e. The van der Waals surface area contributed by atoms with Gasteiger partial charge in [-0.25, -0.2) is 0 Å². The molecule has 0 aromatic heterocycles. The van der Waals surface area contributed by atoms with E-state index in [4.69, 9.17) is 9.47 Å². The number of amides is 1. The Morgan fingerprint density at radius 1 is 1.08 bits per heavy atom. The maximum atomic E-state index is 12.5. The molecule has 0 aliphatic heterocycles. The minimum absolute atomic E-state index is 0.112. The van der Waals surface area contributed by atoms with Crippen molar-refractivity contribution in [3.8, 4) is 11.5 Å². The standard InChI is InChI=1S/C17H15F3INO3/c1-24-14-7-12(13(21)8-15(14)25-2)16(23)22-9-10-3-5-11(6-4-10)17(18,19)20/h3-8H,9H2,1-2H3,(H,22,23). The minimum atomic E-state index is -4.38. The normalized spacial score (nSPS) is 11.1. The van der Waals surface area contributed by atoms with E-state index in [-0.39, 0.29) is 12.5 Å². The van der Waals surface area contributed by atoms with Gasteiger partial charge in [-0.1, -0.05) is 12.1 Å². The van der Waals surface area contributed by atoms with Crippen LogP contribution in [0.15, 0.2) is 36.4 Å². The quantitative estimate of drug-likeness (QED) is 0.672. The van der Waals surface area contributed by atoms with Crippen LogP contribution in [0.3, 0.4) is 0 Å². The van der Waals surface area contributed by atoms with Crippen LogP contribution in [0.2, 0.25) is 0 Å². The molecule has 0 radical (unpaired) electrons. The number of nitrogens with one attached hydrogen (secondary N) is 1. The van der Waals surface area contributed by atoms with Crippen molar-refractivity contribution in [1.82, 2.24) is 5.32 Å². The molecule has 0 saturated carbocycles. The van der Waals surface area contributed by atoms with Crippen molar-refractivity contribution in [3.05, 3.63) is 56.7 Å². The molecule has 2 aromatic carbocycles. The largest absolute Gasteiger partial charge is 0.493 e. The van der Waals surface area contributed by atoms with E-state index in [1.807, 2.05) is 22.6 Å². The van der Waals surface area contributed by atoms with E-state index in [1.54, 1.807) is 12.1 Å². The van der Waals surface area contributed by atoms with E-state index in [0.29, 0.717) is 26.2 Å². The summed E-state index contributed by atoms with van der Waals surface area (Å²) in [5.74, 6) is 0.569. The summed E-state index contributed by atoms with van der Waals surface area (Å²) in [5.41, 5.74) is 0.235. The molecule has 8 heteroatoms. The molecule has 0 atom stereocenters. The number of carbonyl (C=O) groups is 1. The number of methoxy groups -OCH3 is 2. The molecule has 1 amide bonds. The molecule has 134 valence electrons. The van der Waals surface area contributed by atoms with Gasteiger partial charge in [0.05, 0.1) is 25.3 Å². The molecule has 2 aromatic rings. The zero-order chi connectivity index (χ0) is 18.6. The number of rotatable bonds is 5. The van der Waals surface area contributed by atoms with Gasteiger partial charge in [0, 0.05) is 10.1 Å². The van der Waals surface area contributed by atoms with Crippen LogP contribution in [0.4, 0.5) is 13.2 Å². The van der Waals surface area contributed by atoms with Gasteiger partial charge in [0.1, 0.15) is 0 Å². The molecule has 0 aliphatic carbocycles. The molecule has 0 saturated heterocycles. The Morgan fingerprint density at radius 3 is 2.16 bits per heavy atom. The molecule has 2 rings (SSSR count). The fourth-order valence-electron chi connectivity index (χ4n) is 2.12. The van der Waals surface area contributed by atoms with Gasteiger partial charge in [-0.2, -0.15) is 13.2 Å². The van der Waals surface area contributed by atoms with Crippen molar-refractivity contribution >= 4 is 28.5 Å². The van der Waals surface area contributed by atoms with E-state index in [0.717, 1.165) is 12.1 Å². The Morgan fingerprint density at radius 2 is 1.64 bits per heavy atom. The summed E-state index contributed by atoms with van der Waals surface area (Å²) in [7, 11) is 2.97. The molecule has 4 nitrogen and oxygen atoms in total. The molecule has 0 fully saturated rings. The number of ether oxygens (including phenoxy) is 2. The summed E-state index contributed by atoms with van der Waals surface area (Å²) in [6, 6.07) is 7.88. The summed E-state index contributed by atoms with van der Waals surface area (Å²) >= 11 is 2.00. The molecule has 0 bridgehead atoms. The van der Waals surface area contributed by atoms with Gasteiger partial charge in [-0.15, -0.1) is 0 Å². The molecule has 1 N–H and O–H groups in total. The highest BCUT2D eigenvalue weighted by Gasteiger charge is 2.29. The van der Waals surface area contributed by atoms with Crippen molar-refractivity contribution in [1.29, 1.82) is 0 Å². The van der Waals surface area contributed by atoms with E-state index in [1.165, 1.54) is 26.4 Å². The van der Waals surface area contributed by atoms with Crippen LogP contribution < -0.4 is 14.8 Å². The Balaban J connectivity index is 2.10. The zero-order valence-electron chi connectivity index (χ0n) is 13.4. The van der Waals surface area contributed by atoms with Crippen LogP contribution in [-0.2, 0) is 12.7 Å². The van der Waals surface area contributed by atoms with Crippen LogP contribution >= 0.6 is 22.6 Å². The Bertz CT molecular complexity index is 761. The maximum Gasteiger partial charge on any atom is 0.416 e. The lowest BCUT2D eigenvalue weighted by molar-refractivity contribution is -0.137. The van der Waals surface area contributed by atoms with E-state index in [2.05, 4.69) is 5.32 Å². The molecular formula is C17H15F3INO3. The lowest BCUT2D eigenvalue weighted by atomic mass is 10.1. The highest BCUT2D eigenvalue weighted by Crippen LogP contribution is 2.31. The Kier molecular flexibility index (Phi) is 6.15. The maximum absolute atomic E-state index is 12.5. The third-order valence-corrected chi connectivity index (χ3v) is 4.34. The van der Waals surface area contributed by atoms with Crippen LogP contribution in [0.5, 0.6) is 11.5 Å². The Labute approximate surface area is 156 Å². The third-order valence-electron chi connectivity index (χ3n) is 3.45. The average molecular weight is 465 g/mol. The van der Waals surface area contributed by atoms with Crippen LogP contribution in [0.1, 0.15) is 21.5 Å². The second-order valence-electron chi connectivity index (χ2n) is 5.06. The smallest absolute Gasteiger partial charge is 0.416 e. The predicted octanol–water partition coefficient (Wildman–Crippen LogP) is 4.26. The number of halogens is 4. The molecule has 0 heterocycles. The predicted molar refractivity (Wildman–Crippen MR) is 94.9 cm³/mol. The van der Waals surface area contributed by atoms with Gasteiger partial charge in [0.15, 0.2) is 11.5 Å². The summed E-state index contributed by atoms with van der Waals surface area (Å²) in [4.78, 5) is 12.3. The average Bonchev–Trinajstić information content (AvgIpc) is 2.58. The lowest BCUT2D eigenvalue weighted by Gasteiger charge is -2.12. The number of alkyl halides is 3. The van der Waals surface area contributed by atoms with Gasteiger partial charge in [-0.05, 0) is 52.4 Å². The summed E-state index contributed by atoms with van der Waals surface area (Å²) in [5, 5.41) is 2.68. The molecule has 25 heavy (non-hydrogen) atoms.